The molecule has 2 heterocycles. The van der Waals surface area contributed by atoms with Crippen molar-refractivity contribution >= 4 is 23.5 Å². The van der Waals surface area contributed by atoms with Gasteiger partial charge in [-0.15, -0.1) is 0 Å². The number of nitrogens with two attached hydrogens (primary N) is 1. The Hall–Kier alpha value is -2.57. The van der Waals surface area contributed by atoms with Gasteiger partial charge in [-0.3, -0.25) is 9.69 Å². The Kier molecular flexibility index (Phi) is 4.36. The molecule has 6 nitrogen and oxygen atoms in total. The first-order chi connectivity index (χ1) is 13.3. The second-order valence-corrected chi connectivity index (χ2v) is 8.21. The van der Waals surface area contributed by atoms with Crippen molar-refractivity contribution in [3.05, 3.63) is 53.1 Å². The molecule has 0 saturated heterocycles. The SMILES string of the molecule is CC1(C)CC2(N=C(N)N(CCO)C2=O)c2cc(-c3cccc(Cl)c3)ccc2O1. The number of carbonyl (C=O) groups is 1. The van der Waals surface area contributed by atoms with Gasteiger partial charge in [0.15, 0.2) is 11.5 Å². The Bertz CT molecular complexity index is 989. The summed E-state index contributed by atoms with van der Waals surface area (Å²) >= 11 is 6.14. The number of hydrogen-bond acceptors (Lipinski definition) is 5. The van der Waals surface area contributed by atoms with E-state index < -0.39 is 11.1 Å². The Balaban J connectivity index is 1.89. The molecule has 2 aliphatic rings. The van der Waals surface area contributed by atoms with Gasteiger partial charge < -0.3 is 15.6 Å². The third-order valence-corrected chi connectivity index (χ3v) is 5.39. The molecule has 4 rings (SSSR count). The summed E-state index contributed by atoms with van der Waals surface area (Å²) in [5, 5.41) is 9.96. The van der Waals surface area contributed by atoms with Gasteiger partial charge in [-0.25, -0.2) is 4.99 Å². The number of ether oxygens (including phenoxy) is 1. The van der Waals surface area contributed by atoms with Gasteiger partial charge in [-0.2, -0.15) is 0 Å². The number of benzene rings is 2. The molecule has 0 aliphatic carbocycles. The first kappa shape index (κ1) is 18.8. The topological polar surface area (TPSA) is 88.1 Å². The minimum absolute atomic E-state index is 0.112. The molecule has 1 spiro atoms. The van der Waals surface area contributed by atoms with Crippen LogP contribution < -0.4 is 10.5 Å². The third kappa shape index (κ3) is 2.93. The number of halogens is 1. The molecule has 1 unspecified atom stereocenters. The van der Waals surface area contributed by atoms with Crippen LogP contribution in [0.25, 0.3) is 11.1 Å². The zero-order valence-electron chi connectivity index (χ0n) is 15.8. The molecule has 0 aromatic heterocycles. The summed E-state index contributed by atoms with van der Waals surface area (Å²) in [6, 6.07) is 13.3. The number of aliphatic hydroxyl groups is 1. The van der Waals surface area contributed by atoms with E-state index in [0.29, 0.717) is 22.8 Å². The van der Waals surface area contributed by atoms with Gasteiger partial charge >= 0.3 is 0 Å². The van der Waals surface area contributed by atoms with Gasteiger partial charge in [0, 0.05) is 17.0 Å². The molecular weight excluding hydrogens is 378 g/mol. The number of hydrogen-bond donors (Lipinski definition) is 2. The summed E-state index contributed by atoms with van der Waals surface area (Å²) in [7, 11) is 0. The van der Waals surface area contributed by atoms with Gasteiger partial charge in [-0.1, -0.05) is 29.8 Å². The lowest BCUT2D eigenvalue weighted by atomic mass is 9.77. The summed E-state index contributed by atoms with van der Waals surface area (Å²) in [5.74, 6) is 0.494. The van der Waals surface area contributed by atoms with Crippen LogP contribution in [-0.2, 0) is 10.3 Å². The molecule has 0 bridgehead atoms. The van der Waals surface area contributed by atoms with E-state index in [0.717, 1.165) is 11.1 Å². The van der Waals surface area contributed by atoms with Gasteiger partial charge in [0.1, 0.15) is 11.4 Å². The van der Waals surface area contributed by atoms with Gasteiger partial charge in [0.2, 0.25) is 0 Å². The number of amides is 1. The number of guanidine groups is 1. The van der Waals surface area contributed by atoms with Gasteiger partial charge in [0.05, 0.1) is 13.2 Å². The van der Waals surface area contributed by atoms with Crippen LogP contribution in [0.5, 0.6) is 5.75 Å². The van der Waals surface area contributed by atoms with Crippen LogP contribution in [0.15, 0.2) is 47.5 Å². The van der Waals surface area contributed by atoms with Crippen LogP contribution in [0.4, 0.5) is 0 Å². The average Bonchev–Trinajstić information content (AvgIpc) is 2.85. The number of nitrogens with zero attached hydrogens (tertiary/aromatic N) is 2. The molecule has 2 aliphatic heterocycles. The smallest absolute Gasteiger partial charge is 0.262 e. The molecule has 0 saturated carbocycles. The van der Waals surface area contributed by atoms with Crippen LogP contribution in [0.2, 0.25) is 5.02 Å². The zero-order valence-corrected chi connectivity index (χ0v) is 16.5. The van der Waals surface area contributed by atoms with Crippen molar-refractivity contribution in [2.45, 2.75) is 31.4 Å². The summed E-state index contributed by atoms with van der Waals surface area (Å²) in [6.45, 7) is 3.78. The van der Waals surface area contributed by atoms with E-state index in [2.05, 4.69) is 4.99 Å². The third-order valence-electron chi connectivity index (χ3n) is 5.16. The summed E-state index contributed by atoms with van der Waals surface area (Å²) < 4.78 is 6.14. The Labute approximate surface area is 168 Å². The van der Waals surface area contributed by atoms with E-state index in [9.17, 15) is 9.90 Å². The normalized spacial score (nSPS) is 22.8. The van der Waals surface area contributed by atoms with E-state index in [-0.39, 0.29) is 25.0 Å². The maximum absolute atomic E-state index is 13.4. The lowest BCUT2D eigenvalue weighted by molar-refractivity contribution is -0.134. The van der Waals surface area contributed by atoms with Crippen LogP contribution >= 0.6 is 11.6 Å². The van der Waals surface area contributed by atoms with E-state index in [1.54, 1.807) is 0 Å². The highest BCUT2D eigenvalue weighted by atomic mass is 35.5. The van der Waals surface area contributed by atoms with Gasteiger partial charge in [-0.05, 0) is 49.2 Å². The highest BCUT2D eigenvalue weighted by Gasteiger charge is 2.56. The Morgan fingerprint density at radius 2 is 2.00 bits per heavy atom. The van der Waals surface area contributed by atoms with E-state index in [1.807, 2.05) is 56.3 Å². The fourth-order valence-corrected chi connectivity index (χ4v) is 4.26. The number of carbonyl (C=O) groups excluding carboxylic acids is 1. The van der Waals surface area contributed by atoms with Crippen molar-refractivity contribution in [3.63, 3.8) is 0 Å². The monoisotopic (exact) mass is 399 g/mol. The van der Waals surface area contributed by atoms with Gasteiger partial charge in [0.25, 0.3) is 5.91 Å². The van der Waals surface area contributed by atoms with E-state index in [1.165, 1.54) is 4.90 Å². The second-order valence-electron chi connectivity index (χ2n) is 7.77. The van der Waals surface area contributed by atoms with Crippen molar-refractivity contribution < 1.29 is 14.6 Å². The fraction of sp³-hybridized carbons (Fsp3) is 0.333. The molecule has 146 valence electrons. The van der Waals surface area contributed by atoms with Crippen molar-refractivity contribution in [3.8, 4) is 16.9 Å². The van der Waals surface area contributed by atoms with Crippen molar-refractivity contribution in [2.24, 2.45) is 10.7 Å². The lowest BCUT2D eigenvalue weighted by Crippen LogP contribution is -2.50. The van der Waals surface area contributed by atoms with Crippen LogP contribution in [-0.4, -0.2) is 40.6 Å². The van der Waals surface area contributed by atoms with E-state index in [4.69, 9.17) is 22.1 Å². The highest BCUT2D eigenvalue weighted by Crippen LogP contribution is 2.50. The number of β-amino-alcohol motifs (C(OH)–C–C–N with tert-alkyl or cyclic N) is 1. The summed E-state index contributed by atoms with van der Waals surface area (Å²) in [6.07, 6.45) is 0.355. The first-order valence-electron chi connectivity index (χ1n) is 9.13. The zero-order chi connectivity index (χ0) is 20.1. The number of aliphatic hydroxyl groups excluding tert-OH is 1. The predicted octanol–water partition coefficient (Wildman–Crippen LogP) is 2.91. The Morgan fingerprint density at radius 3 is 2.71 bits per heavy atom. The minimum Gasteiger partial charge on any atom is -0.487 e. The van der Waals surface area contributed by atoms with Crippen LogP contribution in [0, 0.1) is 0 Å². The largest absolute Gasteiger partial charge is 0.487 e. The van der Waals surface area contributed by atoms with Crippen molar-refractivity contribution in [2.75, 3.05) is 13.2 Å². The molecule has 3 N–H and O–H groups in total. The highest BCUT2D eigenvalue weighted by molar-refractivity contribution is 6.30. The first-order valence-corrected chi connectivity index (χ1v) is 9.51. The maximum Gasteiger partial charge on any atom is 0.262 e. The summed E-state index contributed by atoms with van der Waals surface area (Å²) in [5.41, 5.74) is 6.82. The quantitative estimate of drug-likeness (QED) is 0.830. The minimum atomic E-state index is -1.16. The fourth-order valence-electron chi connectivity index (χ4n) is 4.07. The average molecular weight is 400 g/mol. The maximum atomic E-state index is 13.4. The van der Waals surface area contributed by atoms with Crippen LogP contribution in [0.1, 0.15) is 25.8 Å². The molecule has 2 aromatic rings. The summed E-state index contributed by atoms with van der Waals surface area (Å²) in [4.78, 5) is 19.3. The molecule has 0 fully saturated rings. The lowest BCUT2D eigenvalue weighted by Gasteiger charge is -2.41. The molecule has 1 atom stereocenters. The number of fused-ring (bicyclic) bond motifs is 2. The molecule has 1 amide bonds. The standard InChI is InChI=1S/C21H22ClN3O3/c1-20(2)12-21(18(27)25(8-9-26)19(23)24-21)16-11-14(6-7-17(16)28-20)13-4-3-5-15(22)10-13/h3-7,10-11,26H,8-9,12H2,1-2H3,(H2,23,24). The Morgan fingerprint density at radius 1 is 1.25 bits per heavy atom. The predicted molar refractivity (Wildman–Crippen MR) is 108 cm³/mol. The second kappa shape index (κ2) is 6.50. The van der Waals surface area contributed by atoms with Crippen LogP contribution in [0.3, 0.4) is 0 Å². The van der Waals surface area contributed by atoms with Crippen molar-refractivity contribution in [1.29, 1.82) is 0 Å². The van der Waals surface area contributed by atoms with Crippen molar-refractivity contribution in [1.82, 2.24) is 4.90 Å². The molecule has 0 radical (unpaired) electrons. The molecule has 7 heteroatoms. The number of aliphatic imine (C=N–C) groups is 1. The number of rotatable bonds is 3. The molecule has 2 aromatic carbocycles. The molecular formula is C21H22ClN3O3. The molecule has 28 heavy (non-hydrogen) atoms. The van der Waals surface area contributed by atoms with E-state index >= 15 is 0 Å².